The number of hydrogen-bond donors (Lipinski definition) is 1. The zero-order valence-electron chi connectivity index (χ0n) is 12.0. The molecule has 1 aromatic carbocycles. The quantitative estimate of drug-likeness (QED) is 0.877. The summed E-state index contributed by atoms with van der Waals surface area (Å²) in [6.45, 7) is 8.07. The molecule has 2 rings (SSSR count). The van der Waals surface area contributed by atoms with Gasteiger partial charge in [-0.25, -0.2) is 0 Å². The molecule has 100 valence electrons. The molecule has 1 N–H and O–H groups in total. The van der Waals surface area contributed by atoms with Crippen LogP contribution in [0.3, 0.4) is 0 Å². The number of rotatable bonds is 4. The minimum atomic E-state index is 0.838. The summed E-state index contributed by atoms with van der Waals surface area (Å²) in [4.78, 5) is 2.43. The van der Waals surface area contributed by atoms with Crippen molar-refractivity contribution in [3.05, 3.63) is 29.3 Å². The standard InChI is InChI=1S/C16H26N2/c1-4-15-7-5-6-13(2)16(15)17-12-14-8-10-18(3)11-9-14/h5-7,14,17H,4,8-12H2,1-3H3. The molecule has 0 amide bonds. The van der Waals surface area contributed by atoms with E-state index in [2.05, 4.69) is 49.3 Å². The molecule has 1 heterocycles. The van der Waals surface area contributed by atoms with Gasteiger partial charge in [0.25, 0.3) is 0 Å². The number of hydrogen-bond acceptors (Lipinski definition) is 2. The SMILES string of the molecule is CCc1cccc(C)c1NCC1CCN(C)CC1. The second-order valence-electron chi connectivity index (χ2n) is 5.59. The van der Waals surface area contributed by atoms with Crippen LogP contribution < -0.4 is 5.32 Å². The molecule has 0 bridgehead atoms. The Kier molecular flexibility index (Phi) is 4.65. The lowest BCUT2D eigenvalue weighted by atomic mass is 9.96. The van der Waals surface area contributed by atoms with E-state index < -0.39 is 0 Å². The van der Waals surface area contributed by atoms with Gasteiger partial charge in [-0.1, -0.05) is 25.1 Å². The normalized spacial score (nSPS) is 17.9. The van der Waals surface area contributed by atoms with Crippen LogP contribution in [0.5, 0.6) is 0 Å². The van der Waals surface area contributed by atoms with Crippen LogP contribution in [-0.4, -0.2) is 31.6 Å². The van der Waals surface area contributed by atoms with E-state index in [1.54, 1.807) is 0 Å². The number of anilines is 1. The van der Waals surface area contributed by atoms with Crippen molar-refractivity contribution in [2.45, 2.75) is 33.1 Å². The number of piperidine rings is 1. The molecule has 1 aliphatic heterocycles. The maximum absolute atomic E-state index is 3.70. The Hall–Kier alpha value is -1.02. The van der Waals surface area contributed by atoms with Gasteiger partial charge < -0.3 is 10.2 Å². The van der Waals surface area contributed by atoms with Crippen molar-refractivity contribution >= 4 is 5.69 Å². The predicted molar refractivity (Wildman–Crippen MR) is 79.3 cm³/mol. The highest BCUT2D eigenvalue weighted by molar-refractivity contribution is 5.57. The Labute approximate surface area is 111 Å². The third kappa shape index (κ3) is 3.26. The summed E-state index contributed by atoms with van der Waals surface area (Å²) in [6.07, 6.45) is 3.77. The minimum Gasteiger partial charge on any atom is -0.384 e. The average molecular weight is 246 g/mol. The molecule has 0 aromatic heterocycles. The van der Waals surface area contributed by atoms with E-state index >= 15 is 0 Å². The zero-order chi connectivity index (χ0) is 13.0. The van der Waals surface area contributed by atoms with E-state index in [-0.39, 0.29) is 0 Å². The van der Waals surface area contributed by atoms with Gasteiger partial charge in [0.1, 0.15) is 0 Å². The lowest BCUT2D eigenvalue weighted by Gasteiger charge is -2.29. The zero-order valence-corrected chi connectivity index (χ0v) is 12.0. The highest BCUT2D eigenvalue weighted by atomic mass is 15.1. The maximum Gasteiger partial charge on any atom is 0.0402 e. The van der Waals surface area contributed by atoms with Crippen LogP contribution in [0, 0.1) is 12.8 Å². The van der Waals surface area contributed by atoms with E-state index in [4.69, 9.17) is 0 Å². The molecule has 18 heavy (non-hydrogen) atoms. The van der Waals surface area contributed by atoms with E-state index in [9.17, 15) is 0 Å². The van der Waals surface area contributed by atoms with Gasteiger partial charge in [0.15, 0.2) is 0 Å². The molecular formula is C16H26N2. The van der Waals surface area contributed by atoms with Crippen LogP contribution in [0.25, 0.3) is 0 Å². The third-order valence-corrected chi connectivity index (χ3v) is 4.15. The number of aryl methyl sites for hydroxylation is 2. The van der Waals surface area contributed by atoms with E-state index in [1.165, 1.54) is 42.7 Å². The third-order valence-electron chi connectivity index (χ3n) is 4.15. The van der Waals surface area contributed by atoms with Gasteiger partial charge in [-0.3, -0.25) is 0 Å². The fourth-order valence-corrected chi connectivity index (χ4v) is 2.79. The lowest BCUT2D eigenvalue weighted by molar-refractivity contribution is 0.226. The molecular weight excluding hydrogens is 220 g/mol. The van der Waals surface area contributed by atoms with Crippen LogP contribution in [0.15, 0.2) is 18.2 Å². The van der Waals surface area contributed by atoms with Crippen LogP contribution >= 0.6 is 0 Å². The Balaban J connectivity index is 1.93. The Morgan fingerprint density at radius 2 is 2.00 bits per heavy atom. The Bertz CT molecular complexity index is 379. The molecule has 0 unspecified atom stereocenters. The van der Waals surface area contributed by atoms with Crippen molar-refractivity contribution in [2.75, 3.05) is 32.0 Å². The maximum atomic E-state index is 3.70. The first kappa shape index (κ1) is 13.4. The van der Waals surface area contributed by atoms with Gasteiger partial charge in [0, 0.05) is 12.2 Å². The summed E-state index contributed by atoms with van der Waals surface area (Å²) in [5.41, 5.74) is 4.20. The first-order chi connectivity index (χ1) is 8.70. The number of nitrogens with zero attached hydrogens (tertiary/aromatic N) is 1. The molecule has 1 aromatic rings. The number of benzene rings is 1. The molecule has 0 aliphatic carbocycles. The lowest BCUT2D eigenvalue weighted by Crippen LogP contribution is -2.33. The summed E-state index contributed by atoms with van der Waals surface area (Å²) >= 11 is 0. The second-order valence-corrected chi connectivity index (χ2v) is 5.59. The number of para-hydroxylation sites is 1. The van der Waals surface area contributed by atoms with Crippen molar-refractivity contribution in [3.8, 4) is 0 Å². The summed E-state index contributed by atoms with van der Waals surface area (Å²) in [5.74, 6) is 0.838. The van der Waals surface area contributed by atoms with Crippen molar-refractivity contribution in [1.29, 1.82) is 0 Å². The topological polar surface area (TPSA) is 15.3 Å². The van der Waals surface area contributed by atoms with Crippen LogP contribution in [-0.2, 0) is 6.42 Å². The molecule has 2 heteroatoms. The summed E-state index contributed by atoms with van der Waals surface area (Å²) < 4.78 is 0. The summed E-state index contributed by atoms with van der Waals surface area (Å²) in [6, 6.07) is 6.61. The molecule has 0 spiro atoms. The van der Waals surface area contributed by atoms with Crippen LogP contribution in [0.4, 0.5) is 5.69 Å². The van der Waals surface area contributed by atoms with Crippen molar-refractivity contribution < 1.29 is 0 Å². The van der Waals surface area contributed by atoms with Gasteiger partial charge in [0.05, 0.1) is 0 Å². The fourth-order valence-electron chi connectivity index (χ4n) is 2.79. The fraction of sp³-hybridized carbons (Fsp3) is 0.625. The van der Waals surface area contributed by atoms with Gasteiger partial charge in [-0.2, -0.15) is 0 Å². The predicted octanol–water partition coefficient (Wildman–Crippen LogP) is 3.31. The largest absolute Gasteiger partial charge is 0.384 e. The monoisotopic (exact) mass is 246 g/mol. The van der Waals surface area contributed by atoms with Crippen molar-refractivity contribution in [2.24, 2.45) is 5.92 Å². The van der Waals surface area contributed by atoms with Crippen LogP contribution in [0.2, 0.25) is 0 Å². The first-order valence-electron chi connectivity index (χ1n) is 7.21. The molecule has 0 radical (unpaired) electrons. The van der Waals surface area contributed by atoms with Crippen molar-refractivity contribution in [3.63, 3.8) is 0 Å². The highest BCUT2D eigenvalue weighted by Crippen LogP contribution is 2.23. The van der Waals surface area contributed by atoms with E-state index in [0.29, 0.717) is 0 Å². The van der Waals surface area contributed by atoms with Gasteiger partial charge in [-0.05, 0) is 63.4 Å². The first-order valence-corrected chi connectivity index (χ1v) is 7.21. The molecule has 1 aliphatic rings. The summed E-state index contributed by atoms with van der Waals surface area (Å²) in [7, 11) is 2.22. The van der Waals surface area contributed by atoms with Gasteiger partial charge in [0.2, 0.25) is 0 Å². The molecule has 0 atom stereocenters. The second kappa shape index (κ2) is 6.24. The molecule has 0 saturated carbocycles. The minimum absolute atomic E-state index is 0.838. The highest BCUT2D eigenvalue weighted by Gasteiger charge is 2.16. The number of likely N-dealkylation sites (tertiary alicyclic amines) is 1. The Morgan fingerprint density at radius 3 is 2.67 bits per heavy atom. The van der Waals surface area contributed by atoms with E-state index in [1.807, 2.05) is 0 Å². The number of nitrogens with one attached hydrogen (secondary N) is 1. The van der Waals surface area contributed by atoms with Crippen molar-refractivity contribution in [1.82, 2.24) is 4.90 Å². The molecule has 2 nitrogen and oxygen atoms in total. The van der Waals surface area contributed by atoms with Crippen LogP contribution in [0.1, 0.15) is 30.9 Å². The molecule has 1 fully saturated rings. The van der Waals surface area contributed by atoms with Gasteiger partial charge >= 0.3 is 0 Å². The van der Waals surface area contributed by atoms with E-state index in [0.717, 1.165) is 18.9 Å². The average Bonchev–Trinajstić information content (AvgIpc) is 2.39. The Morgan fingerprint density at radius 1 is 1.28 bits per heavy atom. The smallest absolute Gasteiger partial charge is 0.0402 e. The molecule has 1 saturated heterocycles. The summed E-state index contributed by atoms with van der Waals surface area (Å²) in [5, 5.41) is 3.70. The van der Waals surface area contributed by atoms with Gasteiger partial charge in [-0.15, -0.1) is 0 Å².